The normalized spacial score (nSPS) is 27.2. The summed E-state index contributed by atoms with van der Waals surface area (Å²) in [5, 5.41) is 6.49. The first kappa shape index (κ1) is 19.4. The number of nitrogens with zero attached hydrogens (tertiary/aromatic N) is 4. The molecule has 0 saturated carbocycles. The molecule has 3 heterocycles. The number of amides is 1. The average Bonchev–Trinajstić information content (AvgIpc) is 3.24. The summed E-state index contributed by atoms with van der Waals surface area (Å²) in [5.41, 5.74) is 0.712. The molecule has 0 aliphatic carbocycles. The zero-order valence-corrected chi connectivity index (χ0v) is 16.7. The Kier molecular flexibility index (Phi) is 4.56. The highest BCUT2D eigenvalue weighted by Crippen LogP contribution is 2.47. The number of hydrogen-bond donors (Lipinski definition) is 0. The third-order valence-electron chi connectivity index (χ3n) is 5.52. The fourth-order valence-electron chi connectivity index (χ4n) is 3.86. The molecule has 2 aliphatic heterocycles. The van der Waals surface area contributed by atoms with E-state index >= 15 is 0 Å². The van der Waals surface area contributed by atoms with Crippen molar-refractivity contribution in [3.05, 3.63) is 42.2 Å². The van der Waals surface area contributed by atoms with Crippen molar-refractivity contribution in [1.82, 2.24) is 19.9 Å². The number of aromatic nitrogens is 3. The minimum atomic E-state index is -3.82. The van der Waals surface area contributed by atoms with Crippen LogP contribution in [0.15, 0.2) is 36.7 Å². The molecule has 2 aliphatic rings. The lowest BCUT2D eigenvalue weighted by Gasteiger charge is -2.36. The van der Waals surface area contributed by atoms with E-state index in [0.717, 1.165) is 4.90 Å². The Hall–Kier alpha value is -2.95. The van der Waals surface area contributed by atoms with Gasteiger partial charge in [0.25, 0.3) is 0 Å². The first-order chi connectivity index (χ1) is 13.8. The van der Waals surface area contributed by atoms with Crippen molar-refractivity contribution in [2.24, 2.45) is 0 Å². The molecular weight excluding hydrogens is 400 g/mol. The number of methoxy groups -OCH3 is 1. The molecule has 2 saturated heterocycles. The van der Waals surface area contributed by atoms with Crippen molar-refractivity contribution in [2.45, 2.75) is 42.7 Å². The number of carbonyl (C=O) groups is 2. The maximum Gasteiger partial charge on any atom is 0.330 e. The van der Waals surface area contributed by atoms with Crippen LogP contribution in [-0.4, -0.2) is 63.5 Å². The van der Waals surface area contributed by atoms with E-state index in [1.54, 1.807) is 31.4 Å². The van der Waals surface area contributed by atoms with Crippen LogP contribution in [-0.2, 0) is 37.3 Å². The van der Waals surface area contributed by atoms with Gasteiger partial charge in [0.05, 0.1) is 26.3 Å². The highest BCUT2D eigenvalue weighted by molar-refractivity contribution is 7.93. The topological polar surface area (TPSA) is 121 Å². The molecule has 3 atom stereocenters. The lowest BCUT2D eigenvalue weighted by atomic mass is 9.96. The van der Waals surface area contributed by atoms with Gasteiger partial charge in [0.2, 0.25) is 5.91 Å². The van der Waals surface area contributed by atoms with E-state index in [4.69, 9.17) is 9.47 Å². The van der Waals surface area contributed by atoms with Crippen LogP contribution in [0.5, 0.6) is 5.75 Å². The fourth-order valence-corrected chi connectivity index (χ4v) is 6.22. The molecule has 4 rings (SSSR count). The van der Waals surface area contributed by atoms with Crippen molar-refractivity contribution < 1.29 is 27.5 Å². The van der Waals surface area contributed by atoms with E-state index in [0.29, 0.717) is 11.3 Å². The van der Waals surface area contributed by atoms with Gasteiger partial charge in [-0.25, -0.2) is 13.2 Å². The molecule has 154 valence electrons. The van der Waals surface area contributed by atoms with Gasteiger partial charge < -0.3 is 14.4 Å². The molecule has 11 heteroatoms. The summed E-state index contributed by atoms with van der Waals surface area (Å²) >= 11 is 0. The Balaban J connectivity index is 1.59. The summed E-state index contributed by atoms with van der Waals surface area (Å²) in [7, 11) is -2.28. The van der Waals surface area contributed by atoms with Crippen molar-refractivity contribution in [2.75, 3.05) is 7.11 Å². The second-order valence-electron chi connectivity index (χ2n) is 7.28. The molecule has 1 aromatic heterocycles. The fraction of sp³-hybridized carbons (Fsp3) is 0.444. The molecule has 0 radical (unpaired) electrons. The lowest BCUT2D eigenvalue weighted by molar-refractivity contribution is -0.162. The summed E-state index contributed by atoms with van der Waals surface area (Å²) < 4.78 is 36.5. The molecule has 29 heavy (non-hydrogen) atoms. The molecule has 2 fully saturated rings. The maximum atomic E-state index is 13.1. The predicted octanol–water partition coefficient (Wildman–Crippen LogP) is 0.144. The molecule has 1 aromatic carbocycles. The molecule has 10 nitrogen and oxygen atoms in total. The minimum absolute atomic E-state index is 0.0501. The zero-order valence-electron chi connectivity index (χ0n) is 15.9. The number of fused-ring (bicyclic) bond motifs is 1. The average molecular weight is 420 g/mol. The number of benzene rings is 1. The Morgan fingerprint density at radius 3 is 2.62 bits per heavy atom. The first-order valence-electron chi connectivity index (χ1n) is 8.96. The second-order valence-corrected chi connectivity index (χ2v) is 9.84. The van der Waals surface area contributed by atoms with E-state index in [1.807, 2.05) is 0 Å². The highest BCUT2D eigenvalue weighted by Gasteiger charge is 2.70. The summed E-state index contributed by atoms with van der Waals surface area (Å²) in [5.74, 6) is -0.480. The van der Waals surface area contributed by atoms with Crippen LogP contribution in [0.4, 0.5) is 0 Å². The number of rotatable bonds is 6. The Morgan fingerprint density at radius 2 is 2.03 bits per heavy atom. The molecule has 0 spiro atoms. The standard InChI is InChI=1S/C18H20N4O6S/c1-18(11-21-8-7-19-20-21)16(22-14(23)9-15(22)29(18,25)26)17(24)28-10-12-3-5-13(27-2)6-4-12/h3-8,15-16H,9-11H2,1-2H3/t15-,16-,18+/m0/s1. The number of β-lactam (4-membered cyclic amide) rings is 1. The molecule has 0 N–H and O–H groups in total. The van der Waals surface area contributed by atoms with Gasteiger partial charge in [-0.2, -0.15) is 0 Å². The third-order valence-corrected chi connectivity index (χ3v) is 8.29. The van der Waals surface area contributed by atoms with Crippen LogP contribution in [0.25, 0.3) is 0 Å². The molecule has 0 bridgehead atoms. The van der Waals surface area contributed by atoms with Crippen LogP contribution in [0.1, 0.15) is 18.9 Å². The monoisotopic (exact) mass is 420 g/mol. The van der Waals surface area contributed by atoms with Gasteiger partial charge in [-0.05, 0) is 24.6 Å². The van der Waals surface area contributed by atoms with E-state index < -0.39 is 32.0 Å². The number of hydrogen-bond acceptors (Lipinski definition) is 8. The van der Waals surface area contributed by atoms with Gasteiger partial charge in [-0.15, -0.1) is 5.10 Å². The van der Waals surface area contributed by atoms with Crippen LogP contribution in [0.2, 0.25) is 0 Å². The molecule has 1 amide bonds. The first-order valence-corrected chi connectivity index (χ1v) is 10.5. The predicted molar refractivity (Wildman–Crippen MR) is 99.2 cm³/mol. The van der Waals surface area contributed by atoms with Crippen molar-refractivity contribution in [3.8, 4) is 5.75 Å². The largest absolute Gasteiger partial charge is 0.497 e. The molecular formula is C18H20N4O6S. The van der Waals surface area contributed by atoms with E-state index in [-0.39, 0.29) is 25.5 Å². The van der Waals surface area contributed by atoms with E-state index in [9.17, 15) is 18.0 Å². The number of ether oxygens (including phenoxy) is 2. The minimum Gasteiger partial charge on any atom is -0.497 e. The van der Waals surface area contributed by atoms with Gasteiger partial charge in [-0.3, -0.25) is 9.48 Å². The molecule has 2 aromatic rings. The van der Waals surface area contributed by atoms with Crippen molar-refractivity contribution in [3.63, 3.8) is 0 Å². The lowest BCUT2D eigenvalue weighted by Crippen LogP contribution is -2.58. The van der Waals surface area contributed by atoms with E-state index in [1.165, 1.54) is 24.0 Å². The van der Waals surface area contributed by atoms with Gasteiger partial charge in [0.1, 0.15) is 22.5 Å². The highest BCUT2D eigenvalue weighted by atomic mass is 32.2. The van der Waals surface area contributed by atoms with Gasteiger partial charge in [0.15, 0.2) is 15.9 Å². The summed E-state index contributed by atoms with van der Waals surface area (Å²) in [6, 6.07) is 5.69. The summed E-state index contributed by atoms with van der Waals surface area (Å²) in [6.07, 6.45) is 2.80. The number of esters is 1. The Labute approximate surface area is 167 Å². The van der Waals surface area contributed by atoms with Crippen LogP contribution >= 0.6 is 0 Å². The smallest absolute Gasteiger partial charge is 0.330 e. The zero-order chi connectivity index (χ0) is 20.8. The Bertz CT molecular complexity index is 1040. The van der Waals surface area contributed by atoms with E-state index in [2.05, 4.69) is 10.3 Å². The summed E-state index contributed by atoms with van der Waals surface area (Å²) in [6.45, 7) is 1.29. The van der Waals surface area contributed by atoms with Crippen LogP contribution in [0, 0.1) is 0 Å². The van der Waals surface area contributed by atoms with Gasteiger partial charge >= 0.3 is 5.97 Å². The Morgan fingerprint density at radius 1 is 1.31 bits per heavy atom. The second kappa shape index (κ2) is 6.83. The molecule has 0 unspecified atom stereocenters. The van der Waals surface area contributed by atoms with Crippen molar-refractivity contribution >= 4 is 21.7 Å². The number of carbonyl (C=O) groups excluding carboxylic acids is 2. The van der Waals surface area contributed by atoms with Crippen molar-refractivity contribution in [1.29, 1.82) is 0 Å². The summed E-state index contributed by atoms with van der Waals surface area (Å²) in [4.78, 5) is 26.2. The quantitative estimate of drug-likeness (QED) is 0.478. The van der Waals surface area contributed by atoms with Crippen LogP contribution < -0.4 is 4.74 Å². The van der Waals surface area contributed by atoms with Crippen LogP contribution in [0.3, 0.4) is 0 Å². The van der Waals surface area contributed by atoms with Gasteiger partial charge in [0, 0.05) is 6.20 Å². The SMILES string of the molecule is COc1ccc(COC(=O)[C@@H]2N3C(=O)C[C@@H]3S(=O)(=O)[C@]2(C)Cn2ccnn2)cc1. The maximum absolute atomic E-state index is 13.1. The number of sulfone groups is 1. The van der Waals surface area contributed by atoms with Gasteiger partial charge in [-0.1, -0.05) is 17.3 Å². The third kappa shape index (κ3) is 2.96.